The Bertz CT molecular complexity index is 290. The highest BCUT2D eigenvalue weighted by atomic mass is 79.9. The highest BCUT2D eigenvalue weighted by Crippen LogP contribution is 2.65. The molecule has 0 saturated heterocycles. The molecule has 3 atom stereocenters. The van der Waals surface area contributed by atoms with Gasteiger partial charge in [0.1, 0.15) is 0 Å². The van der Waals surface area contributed by atoms with Crippen LogP contribution in [-0.2, 0) is 0 Å². The molecule has 0 nitrogen and oxygen atoms in total. The summed E-state index contributed by atoms with van der Waals surface area (Å²) in [4.78, 5) is -1.03. The monoisotopic (exact) mass is 322 g/mol. The van der Waals surface area contributed by atoms with Crippen molar-refractivity contribution in [3.63, 3.8) is 0 Å². The summed E-state index contributed by atoms with van der Waals surface area (Å²) in [5.41, 5.74) is 0. The standard InChI is InChI=1S/C8H7BrCl4/c9-2-4-1-7(12)3-8(4,13)6(11)5(7)10/h4H,1-3H2/t4-,7-,8-/m0/s1. The van der Waals surface area contributed by atoms with E-state index in [0.29, 0.717) is 16.5 Å². The van der Waals surface area contributed by atoms with Gasteiger partial charge in [0, 0.05) is 5.33 Å². The maximum atomic E-state index is 6.41. The van der Waals surface area contributed by atoms with E-state index < -0.39 is 9.75 Å². The van der Waals surface area contributed by atoms with Gasteiger partial charge >= 0.3 is 0 Å². The molecular formula is C8H7BrCl4. The highest BCUT2D eigenvalue weighted by molar-refractivity contribution is 9.09. The molecule has 0 aliphatic heterocycles. The number of hydrogen-bond acceptors (Lipinski definition) is 0. The van der Waals surface area contributed by atoms with Crippen LogP contribution >= 0.6 is 62.3 Å². The average molecular weight is 325 g/mol. The van der Waals surface area contributed by atoms with Crippen LogP contribution in [0, 0.1) is 5.92 Å². The van der Waals surface area contributed by atoms with Crippen molar-refractivity contribution in [3.8, 4) is 0 Å². The molecule has 0 aromatic rings. The van der Waals surface area contributed by atoms with Crippen molar-refractivity contribution in [2.75, 3.05) is 5.33 Å². The Labute approximate surface area is 106 Å². The molecule has 2 aliphatic carbocycles. The van der Waals surface area contributed by atoms with Gasteiger partial charge in [-0.05, 0) is 18.8 Å². The fraction of sp³-hybridized carbons (Fsp3) is 0.750. The second-order valence-corrected chi connectivity index (χ2v) is 6.49. The zero-order valence-electron chi connectivity index (χ0n) is 6.59. The van der Waals surface area contributed by atoms with Gasteiger partial charge in [-0.15, -0.1) is 23.2 Å². The molecule has 0 radical (unpaired) electrons. The third-order valence-corrected chi connectivity index (χ3v) is 6.15. The van der Waals surface area contributed by atoms with Crippen molar-refractivity contribution in [2.45, 2.75) is 22.6 Å². The number of hydrogen-bond donors (Lipinski definition) is 0. The van der Waals surface area contributed by atoms with Gasteiger partial charge in [0.05, 0.1) is 19.8 Å². The van der Waals surface area contributed by atoms with Gasteiger partial charge in [-0.1, -0.05) is 39.1 Å². The molecule has 0 spiro atoms. The molecule has 0 unspecified atom stereocenters. The summed E-state index contributed by atoms with van der Waals surface area (Å²) in [7, 11) is 0. The fourth-order valence-electron chi connectivity index (χ4n) is 2.16. The Kier molecular flexibility index (Phi) is 2.67. The lowest BCUT2D eigenvalue weighted by Crippen LogP contribution is -2.28. The molecule has 0 aromatic carbocycles. The van der Waals surface area contributed by atoms with Crippen molar-refractivity contribution in [1.82, 2.24) is 0 Å². The molecule has 2 bridgehead atoms. The van der Waals surface area contributed by atoms with E-state index in [2.05, 4.69) is 15.9 Å². The van der Waals surface area contributed by atoms with Crippen molar-refractivity contribution in [3.05, 3.63) is 10.1 Å². The summed E-state index contributed by atoms with van der Waals surface area (Å²) in [5, 5.41) is 1.90. The summed E-state index contributed by atoms with van der Waals surface area (Å²) in [6, 6.07) is 0. The van der Waals surface area contributed by atoms with Crippen LogP contribution in [0.25, 0.3) is 0 Å². The van der Waals surface area contributed by atoms with Crippen LogP contribution in [0.1, 0.15) is 12.8 Å². The van der Waals surface area contributed by atoms with E-state index in [9.17, 15) is 0 Å². The normalized spacial score (nSPS) is 49.2. The van der Waals surface area contributed by atoms with E-state index in [0.717, 1.165) is 11.8 Å². The Morgan fingerprint density at radius 3 is 2.31 bits per heavy atom. The van der Waals surface area contributed by atoms with Crippen LogP contribution < -0.4 is 0 Å². The number of halogens is 5. The predicted octanol–water partition coefficient (Wildman–Crippen LogP) is 4.45. The first kappa shape index (κ1) is 10.9. The van der Waals surface area contributed by atoms with Gasteiger partial charge in [0.15, 0.2) is 0 Å². The van der Waals surface area contributed by atoms with Crippen LogP contribution in [0.2, 0.25) is 0 Å². The lowest BCUT2D eigenvalue weighted by molar-refractivity contribution is 0.527. The van der Waals surface area contributed by atoms with Gasteiger partial charge in [0.2, 0.25) is 0 Å². The maximum Gasteiger partial charge on any atom is 0.0870 e. The number of alkyl halides is 3. The average Bonchev–Trinajstić information content (AvgIpc) is 2.44. The minimum Gasteiger partial charge on any atom is -0.113 e. The Hall–Kier alpha value is 1.38. The predicted molar refractivity (Wildman–Crippen MR) is 62.4 cm³/mol. The minimum absolute atomic E-state index is 0.279. The molecule has 0 aromatic heterocycles. The first-order valence-corrected chi connectivity index (χ1v) is 6.57. The quantitative estimate of drug-likeness (QED) is 0.625. The molecule has 2 rings (SSSR count). The molecule has 0 N–H and O–H groups in total. The smallest absolute Gasteiger partial charge is 0.0870 e. The Morgan fingerprint density at radius 2 is 1.92 bits per heavy atom. The third kappa shape index (κ3) is 1.31. The van der Waals surface area contributed by atoms with Gasteiger partial charge in [0.25, 0.3) is 0 Å². The maximum absolute atomic E-state index is 6.41. The molecule has 5 heteroatoms. The first-order valence-electron chi connectivity index (χ1n) is 3.94. The third-order valence-electron chi connectivity index (χ3n) is 2.89. The molecular weight excluding hydrogens is 318 g/mol. The first-order chi connectivity index (χ1) is 5.94. The van der Waals surface area contributed by atoms with Crippen molar-refractivity contribution >= 4 is 62.3 Å². The van der Waals surface area contributed by atoms with E-state index in [-0.39, 0.29) is 5.92 Å². The van der Waals surface area contributed by atoms with Crippen LogP contribution in [-0.4, -0.2) is 15.1 Å². The zero-order valence-corrected chi connectivity index (χ0v) is 11.2. The van der Waals surface area contributed by atoms with E-state index in [1.807, 2.05) is 0 Å². The summed E-state index contributed by atoms with van der Waals surface area (Å²) < 4.78 is 0. The fourth-order valence-corrected chi connectivity index (χ4v) is 4.97. The number of fused-ring (bicyclic) bond motifs is 2. The highest BCUT2D eigenvalue weighted by Gasteiger charge is 2.62. The summed E-state index contributed by atoms with van der Waals surface area (Å²) in [6.07, 6.45) is 1.45. The van der Waals surface area contributed by atoms with Crippen molar-refractivity contribution in [1.29, 1.82) is 0 Å². The van der Waals surface area contributed by atoms with Gasteiger partial charge in [-0.2, -0.15) is 0 Å². The second-order valence-electron chi connectivity index (χ2n) is 3.69. The lowest BCUT2D eigenvalue weighted by Gasteiger charge is -2.28. The molecule has 1 fully saturated rings. The lowest BCUT2D eigenvalue weighted by atomic mass is 9.94. The van der Waals surface area contributed by atoms with Crippen LogP contribution in [0.4, 0.5) is 0 Å². The van der Waals surface area contributed by atoms with E-state index in [1.165, 1.54) is 0 Å². The summed E-state index contributed by atoms with van der Waals surface area (Å²) >= 11 is 28.3. The molecule has 74 valence electrons. The summed E-state index contributed by atoms with van der Waals surface area (Å²) in [6.45, 7) is 0. The van der Waals surface area contributed by atoms with Gasteiger partial charge < -0.3 is 0 Å². The van der Waals surface area contributed by atoms with Gasteiger partial charge in [-0.25, -0.2) is 0 Å². The minimum atomic E-state index is -0.524. The Balaban J connectivity index is 2.46. The van der Waals surface area contributed by atoms with Gasteiger partial charge in [-0.3, -0.25) is 0 Å². The topological polar surface area (TPSA) is 0 Å². The zero-order chi connectivity index (χ0) is 9.85. The van der Waals surface area contributed by atoms with E-state index in [4.69, 9.17) is 46.4 Å². The van der Waals surface area contributed by atoms with Crippen molar-refractivity contribution < 1.29 is 0 Å². The second kappa shape index (κ2) is 3.18. The largest absolute Gasteiger partial charge is 0.113 e. The number of allylic oxidation sites excluding steroid dienone is 2. The molecule has 1 saturated carbocycles. The van der Waals surface area contributed by atoms with E-state index >= 15 is 0 Å². The SMILES string of the molecule is ClC1=C(Cl)[C@]2(Cl)C[C@@]1(Cl)C[C@H]2CBr. The Morgan fingerprint density at radius 1 is 1.31 bits per heavy atom. The van der Waals surface area contributed by atoms with Crippen LogP contribution in [0.5, 0.6) is 0 Å². The summed E-state index contributed by atoms with van der Waals surface area (Å²) in [5.74, 6) is 0.279. The van der Waals surface area contributed by atoms with Crippen molar-refractivity contribution in [2.24, 2.45) is 5.92 Å². The van der Waals surface area contributed by atoms with Crippen LogP contribution in [0.3, 0.4) is 0 Å². The number of rotatable bonds is 1. The van der Waals surface area contributed by atoms with Crippen LogP contribution in [0.15, 0.2) is 10.1 Å². The molecule has 13 heavy (non-hydrogen) atoms. The van der Waals surface area contributed by atoms with E-state index in [1.54, 1.807) is 0 Å². The molecule has 0 heterocycles. The molecule has 2 aliphatic rings. The molecule has 0 amide bonds.